The molecule has 2 aromatic rings. The van der Waals surface area contributed by atoms with E-state index in [1.165, 1.54) is 0 Å². The molecule has 0 radical (unpaired) electrons. The molecule has 4 nitrogen and oxygen atoms in total. The molecule has 0 aliphatic heterocycles. The van der Waals surface area contributed by atoms with Crippen LogP contribution < -0.4 is 10.6 Å². The van der Waals surface area contributed by atoms with Crippen molar-refractivity contribution in [2.75, 3.05) is 10.6 Å². The van der Waals surface area contributed by atoms with E-state index in [2.05, 4.69) is 10.6 Å². The molecule has 0 saturated heterocycles. The van der Waals surface area contributed by atoms with Gasteiger partial charge in [0.25, 0.3) is 0 Å². The van der Waals surface area contributed by atoms with E-state index in [1.807, 2.05) is 26.0 Å². The molecule has 114 valence electrons. The Balaban J connectivity index is 1.92. The van der Waals surface area contributed by atoms with Crippen molar-refractivity contribution in [3.8, 4) is 0 Å². The molecule has 0 fully saturated rings. The summed E-state index contributed by atoms with van der Waals surface area (Å²) in [6.45, 7) is 3.77. The van der Waals surface area contributed by atoms with E-state index in [9.17, 15) is 9.59 Å². The van der Waals surface area contributed by atoms with Crippen LogP contribution in [-0.4, -0.2) is 11.8 Å². The maximum Gasteiger partial charge on any atom is 0.233 e. The maximum absolute atomic E-state index is 11.9. The lowest BCUT2D eigenvalue weighted by molar-refractivity contribution is -0.123. The summed E-state index contributed by atoms with van der Waals surface area (Å²) in [5.74, 6) is -0.740. The zero-order chi connectivity index (χ0) is 16.1. The lowest BCUT2D eigenvalue weighted by atomic mass is 10.2. The van der Waals surface area contributed by atoms with Crippen molar-refractivity contribution in [1.29, 1.82) is 0 Å². The van der Waals surface area contributed by atoms with Crippen LogP contribution in [0.3, 0.4) is 0 Å². The van der Waals surface area contributed by atoms with Gasteiger partial charge in [-0.05, 0) is 43.7 Å². The molecule has 0 aliphatic rings. The number of hydrogen-bond acceptors (Lipinski definition) is 2. The van der Waals surface area contributed by atoms with Crippen molar-refractivity contribution < 1.29 is 9.59 Å². The molecular formula is C17H17ClN2O2. The van der Waals surface area contributed by atoms with Crippen LogP contribution in [0.25, 0.3) is 0 Å². The predicted molar refractivity (Wildman–Crippen MR) is 89.2 cm³/mol. The highest BCUT2D eigenvalue weighted by molar-refractivity contribution is 6.31. The third kappa shape index (κ3) is 4.33. The average Bonchev–Trinajstić information content (AvgIpc) is 2.46. The summed E-state index contributed by atoms with van der Waals surface area (Å²) in [6.07, 6.45) is -0.250. The van der Waals surface area contributed by atoms with Crippen molar-refractivity contribution in [3.05, 3.63) is 58.6 Å². The molecule has 2 N–H and O–H groups in total. The van der Waals surface area contributed by atoms with Crippen LogP contribution in [0, 0.1) is 13.8 Å². The number of rotatable bonds is 4. The molecule has 0 aromatic heterocycles. The van der Waals surface area contributed by atoms with Gasteiger partial charge in [0.1, 0.15) is 6.42 Å². The Morgan fingerprint density at radius 3 is 2.27 bits per heavy atom. The molecule has 0 bridgehead atoms. The number of nitrogens with one attached hydrogen (secondary N) is 2. The van der Waals surface area contributed by atoms with Crippen molar-refractivity contribution >= 4 is 34.8 Å². The van der Waals surface area contributed by atoms with Gasteiger partial charge in [-0.3, -0.25) is 9.59 Å². The van der Waals surface area contributed by atoms with E-state index >= 15 is 0 Å². The highest BCUT2D eigenvalue weighted by atomic mass is 35.5. The zero-order valence-corrected chi connectivity index (χ0v) is 13.2. The first-order valence-electron chi connectivity index (χ1n) is 6.87. The van der Waals surface area contributed by atoms with E-state index < -0.39 is 0 Å². The number of anilines is 2. The molecule has 0 atom stereocenters. The summed E-state index contributed by atoms with van der Waals surface area (Å²) in [5, 5.41) is 5.95. The molecule has 0 aliphatic carbocycles. The summed E-state index contributed by atoms with van der Waals surface area (Å²) in [7, 11) is 0. The molecular weight excluding hydrogens is 300 g/mol. The van der Waals surface area contributed by atoms with Gasteiger partial charge < -0.3 is 10.6 Å². The second-order valence-electron chi connectivity index (χ2n) is 5.05. The maximum atomic E-state index is 11.9. The van der Waals surface area contributed by atoms with Gasteiger partial charge in [0.15, 0.2) is 0 Å². The van der Waals surface area contributed by atoms with Crippen molar-refractivity contribution in [3.63, 3.8) is 0 Å². The van der Waals surface area contributed by atoms with E-state index in [4.69, 9.17) is 11.6 Å². The van der Waals surface area contributed by atoms with Gasteiger partial charge in [0, 0.05) is 16.4 Å². The van der Waals surface area contributed by atoms with E-state index in [-0.39, 0.29) is 18.2 Å². The third-order valence-corrected chi connectivity index (χ3v) is 3.61. The highest BCUT2D eigenvalue weighted by Crippen LogP contribution is 2.23. The van der Waals surface area contributed by atoms with Gasteiger partial charge in [0.2, 0.25) is 11.8 Å². The molecule has 2 rings (SSSR count). The fourth-order valence-corrected chi connectivity index (χ4v) is 2.10. The Bertz CT molecular complexity index is 696. The second kappa shape index (κ2) is 7.09. The van der Waals surface area contributed by atoms with E-state index in [0.717, 1.165) is 11.1 Å². The number of carbonyl (C=O) groups is 2. The van der Waals surface area contributed by atoms with Crippen LogP contribution in [0.15, 0.2) is 42.5 Å². The molecule has 22 heavy (non-hydrogen) atoms. The Morgan fingerprint density at radius 2 is 1.59 bits per heavy atom. The van der Waals surface area contributed by atoms with Crippen molar-refractivity contribution in [2.45, 2.75) is 20.3 Å². The van der Waals surface area contributed by atoms with Crippen LogP contribution in [0.5, 0.6) is 0 Å². The minimum atomic E-state index is -0.380. The SMILES string of the molecule is Cc1ccc(NC(=O)CC(=O)Nc2cccc(Cl)c2C)cc1. The summed E-state index contributed by atoms with van der Waals surface area (Å²) >= 11 is 5.99. The number of carbonyl (C=O) groups excluding carboxylic acids is 2. The minimum absolute atomic E-state index is 0.250. The monoisotopic (exact) mass is 316 g/mol. The topological polar surface area (TPSA) is 58.2 Å². The van der Waals surface area contributed by atoms with E-state index in [1.54, 1.807) is 30.3 Å². The number of hydrogen-bond donors (Lipinski definition) is 2. The van der Waals surface area contributed by atoms with Gasteiger partial charge in [-0.15, -0.1) is 0 Å². The molecule has 0 heterocycles. The molecule has 0 spiro atoms. The number of aryl methyl sites for hydroxylation is 1. The number of halogens is 1. The van der Waals surface area contributed by atoms with Gasteiger partial charge in [0.05, 0.1) is 0 Å². The fraction of sp³-hybridized carbons (Fsp3) is 0.176. The Kier molecular flexibility index (Phi) is 5.17. The summed E-state index contributed by atoms with van der Waals surface area (Å²) < 4.78 is 0. The van der Waals surface area contributed by atoms with Gasteiger partial charge >= 0.3 is 0 Å². The third-order valence-electron chi connectivity index (χ3n) is 3.20. The number of benzene rings is 2. The van der Waals surface area contributed by atoms with Crippen LogP contribution in [0.1, 0.15) is 17.5 Å². The Morgan fingerprint density at radius 1 is 0.955 bits per heavy atom. The molecule has 5 heteroatoms. The smallest absolute Gasteiger partial charge is 0.233 e. The Hall–Kier alpha value is -2.33. The largest absolute Gasteiger partial charge is 0.326 e. The standard InChI is InChI=1S/C17H17ClN2O2/c1-11-6-8-13(9-7-11)19-16(21)10-17(22)20-15-5-3-4-14(18)12(15)2/h3-9H,10H2,1-2H3,(H,19,21)(H,20,22). The second-order valence-corrected chi connectivity index (χ2v) is 5.46. The molecule has 0 saturated carbocycles. The fourth-order valence-electron chi connectivity index (χ4n) is 1.93. The Labute approximate surface area is 134 Å². The van der Waals surface area contributed by atoms with Crippen molar-refractivity contribution in [2.24, 2.45) is 0 Å². The summed E-state index contributed by atoms with van der Waals surface area (Å²) in [5.41, 5.74) is 3.16. The first kappa shape index (κ1) is 16.0. The van der Waals surface area contributed by atoms with E-state index in [0.29, 0.717) is 16.4 Å². The minimum Gasteiger partial charge on any atom is -0.326 e. The van der Waals surface area contributed by atoms with Gasteiger partial charge in [-0.2, -0.15) is 0 Å². The molecule has 2 aromatic carbocycles. The van der Waals surface area contributed by atoms with Crippen LogP contribution >= 0.6 is 11.6 Å². The normalized spacial score (nSPS) is 10.1. The molecule has 0 unspecified atom stereocenters. The highest BCUT2D eigenvalue weighted by Gasteiger charge is 2.11. The predicted octanol–water partition coefficient (Wildman–Crippen LogP) is 3.92. The summed E-state index contributed by atoms with van der Waals surface area (Å²) in [4.78, 5) is 23.8. The quantitative estimate of drug-likeness (QED) is 0.840. The zero-order valence-electron chi connectivity index (χ0n) is 12.4. The number of amides is 2. The average molecular weight is 317 g/mol. The molecule has 2 amide bonds. The van der Waals surface area contributed by atoms with Crippen LogP contribution in [0.2, 0.25) is 5.02 Å². The van der Waals surface area contributed by atoms with Gasteiger partial charge in [-0.1, -0.05) is 35.4 Å². The van der Waals surface area contributed by atoms with Crippen LogP contribution in [-0.2, 0) is 9.59 Å². The first-order valence-corrected chi connectivity index (χ1v) is 7.25. The van der Waals surface area contributed by atoms with Crippen molar-refractivity contribution in [1.82, 2.24) is 0 Å². The lowest BCUT2D eigenvalue weighted by Crippen LogP contribution is -2.21. The lowest BCUT2D eigenvalue weighted by Gasteiger charge is -2.10. The van der Waals surface area contributed by atoms with Crippen LogP contribution in [0.4, 0.5) is 11.4 Å². The summed E-state index contributed by atoms with van der Waals surface area (Å²) in [6, 6.07) is 12.6. The first-order chi connectivity index (χ1) is 10.5. The van der Waals surface area contributed by atoms with Gasteiger partial charge in [-0.25, -0.2) is 0 Å².